The predicted molar refractivity (Wildman–Crippen MR) is 107 cm³/mol. The van der Waals surface area contributed by atoms with Gasteiger partial charge < -0.3 is 9.47 Å². The number of Topliss-reactive ketones (excluding diaryl/α,β-unsaturated/α-hetero) is 1. The summed E-state index contributed by atoms with van der Waals surface area (Å²) in [7, 11) is 1.53. The fourth-order valence-electron chi connectivity index (χ4n) is 2.79. The zero-order valence-corrected chi connectivity index (χ0v) is 16.8. The van der Waals surface area contributed by atoms with Gasteiger partial charge in [-0.3, -0.25) is 14.9 Å². The van der Waals surface area contributed by atoms with Crippen LogP contribution in [-0.4, -0.2) is 47.0 Å². The second kappa shape index (κ2) is 7.74. The highest BCUT2D eigenvalue weighted by atomic mass is 32.1. The summed E-state index contributed by atoms with van der Waals surface area (Å²) in [5, 5.41) is 5.03. The molecule has 1 amide bonds. The Labute approximate surface area is 168 Å². The first-order chi connectivity index (χ1) is 13.6. The number of nitrogens with zero attached hydrogens (tertiary/aromatic N) is 3. The number of hydrogen-bond donors (Lipinski definition) is 1. The largest absolute Gasteiger partial charge is 0.479 e. The smallest absolute Gasteiger partial charge is 0.276 e. The Morgan fingerprint density at radius 3 is 2.86 bits per heavy atom. The number of hydrogen-bond acceptors (Lipinski definition) is 9. The van der Waals surface area contributed by atoms with E-state index in [4.69, 9.17) is 9.47 Å². The van der Waals surface area contributed by atoms with E-state index in [-0.39, 0.29) is 11.5 Å². The highest BCUT2D eigenvalue weighted by molar-refractivity contribution is 7.22. The first-order valence-electron chi connectivity index (χ1n) is 8.45. The third-order valence-electron chi connectivity index (χ3n) is 4.15. The highest BCUT2D eigenvalue weighted by Gasteiger charge is 2.20. The number of fused-ring (bicyclic) bond motifs is 1. The lowest BCUT2D eigenvalue weighted by molar-refractivity contribution is 0.101. The molecule has 0 saturated carbocycles. The summed E-state index contributed by atoms with van der Waals surface area (Å²) in [6.07, 6.45) is 4.58. The minimum Gasteiger partial charge on any atom is -0.479 e. The van der Waals surface area contributed by atoms with Crippen molar-refractivity contribution in [2.45, 2.75) is 13.3 Å². The van der Waals surface area contributed by atoms with E-state index < -0.39 is 5.91 Å². The second-order valence-electron chi connectivity index (χ2n) is 5.98. The number of ketones is 1. The molecule has 8 nitrogen and oxygen atoms in total. The van der Waals surface area contributed by atoms with Gasteiger partial charge in [0, 0.05) is 24.1 Å². The number of rotatable bonds is 5. The lowest BCUT2D eigenvalue weighted by atomic mass is 10.0. The van der Waals surface area contributed by atoms with Crippen LogP contribution in [0.5, 0.6) is 5.88 Å². The highest BCUT2D eigenvalue weighted by Crippen LogP contribution is 2.37. The molecule has 3 aromatic heterocycles. The van der Waals surface area contributed by atoms with Crippen molar-refractivity contribution in [1.82, 2.24) is 15.0 Å². The lowest BCUT2D eigenvalue weighted by Gasteiger charge is -2.14. The van der Waals surface area contributed by atoms with Crippen molar-refractivity contribution in [1.29, 1.82) is 0 Å². The molecule has 10 heteroatoms. The van der Waals surface area contributed by atoms with Crippen LogP contribution in [0.4, 0.5) is 5.13 Å². The molecule has 4 rings (SSSR count). The van der Waals surface area contributed by atoms with Gasteiger partial charge in [-0.1, -0.05) is 17.4 Å². The Morgan fingerprint density at radius 2 is 2.18 bits per heavy atom. The van der Waals surface area contributed by atoms with Gasteiger partial charge in [0.1, 0.15) is 11.2 Å². The third kappa shape index (κ3) is 3.53. The van der Waals surface area contributed by atoms with Gasteiger partial charge in [0.15, 0.2) is 15.9 Å². The van der Waals surface area contributed by atoms with Crippen LogP contribution in [0.25, 0.3) is 15.8 Å². The molecule has 28 heavy (non-hydrogen) atoms. The molecule has 0 spiro atoms. The monoisotopic (exact) mass is 416 g/mol. The first kappa shape index (κ1) is 18.7. The van der Waals surface area contributed by atoms with E-state index in [1.165, 1.54) is 25.4 Å². The number of ether oxygens (including phenoxy) is 2. The topological polar surface area (TPSA) is 103 Å². The van der Waals surface area contributed by atoms with E-state index in [9.17, 15) is 9.59 Å². The number of methoxy groups -OCH3 is 1. The molecular weight excluding hydrogens is 400 g/mol. The number of thiazole rings is 2. The maximum absolute atomic E-state index is 12.5. The van der Waals surface area contributed by atoms with Crippen LogP contribution in [0.1, 0.15) is 39.2 Å². The van der Waals surface area contributed by atoms with E-state index in [2.05, 4.69) is 20.3 Å². The minimum absolute atomic E-state index is 0.172. The average Bonchev–Trinajstić information content (AvgIpc) is 3.35. The van der Waals surface area contributed by atoms with E-state index in [0.29, 0.717) is 34.7 Å². The summed E-state index contributed by atoms with van der Waals surface area (Å²) in [5.74, 6) is -0.188. The Kier molecular flexibility index (Phi) is 5.16. The van der Waals surface area contributed by atoms with Gasteiger partial charge in [-0.15, -0.1) is 11.3 Å². The molecule has 144 valence electrons. The molecule has 0 aliphatic carbocycles. The molecule has 0 aromatic carbocycles. The molecular formula is C18H16N4O4S2. The predicted octanol–water partition coefficient (Wildman–Crippen LogP) is 3.42. The van der Waals surface area contributed by atoms with Crippen molar-refractivity contribution in [3.05, 3.63) is 33.9 Å². The molecule has 3 aromatic rings. The van der Waals surface area contributed by atoms with Crippen LogP contribution in [0.15, 0.2) is 17.7 Å². The number of carbonyl (C=O) groups is 2. The maximum Gasteiger partial charge on any atom is 0.276 e. The fourth-order valence-corrected chi connectivity index (χ4v) is 4.49. The van der Waals surface area contributed by atoms with E-state index in [1.54, 1.807) is 11.6 Å². The molecule has 0 bridgehead atoms. The summed E-state index contributed by atoms with van der Waals surface area (Å²) in [4.78, 5) is 36.8. The normalized spacial score (nSPS) is 14.0. The Hall–Kier alpha value is -2.69. The van der Waals surface area contributed by atoms with E-state index in [0.717, 1.165) is 33.6 Å². The summed E-state index contributed by atoms with van der Waals surface area (Å²) >= 11 is 2.49. The van der Waals surface area contributed by atoms with Crippen molar-refractivity contribution < 1.29 is 19.1 Å². The van der Waals surface area contributed by atoms with Gasteiger partial charge in [-0.2, -0.15) is 0 Å². The fraction of sp³-hybridized carbons (Fsp3) is 0.278. The number of nitrogens with one attached hydrogen (secondary N) is 1. The molecule has 1 aliphatic heterocycles. The van der Waals surface area contributed by atoms with Crippen LogP contribution < -0.4 is 10.1 Å². The molecule has 0 saturated heterocycles. The molecule has 0 radical (unpaired) electrons. The number of anilines is 1. The van der Waals surface area contributed by atoms with E-state index in [1.807, 2.05) is 6.08 Å². The molecule has 1 N–H and O–H groups in total. The first-order valence-corrected chi connectivity index (χ1v) is 10.1. The van der Waals surface area contributed by atoms with Crippen molar-refractivity contribution >= 4 is 55.3 Å². The van der Waals surface area contributed by atoms with Crippen LogP contribution >= 0.6 is 22.7 Å². The van der Waals surface area contributed by atoms with Gasteiger partial charge in [-0.05, 0) is 12.0 Å². The number of amides is 1. The zero-order chi connectivity index (χ0) is 19.7. The molecule has 1 aliphatic rings. The summed E-state index contributed by atoms with van der Waals surface area (Å²) in [5.41, 5.74) is 2.88. The van der Waals surface area contributed by atoms with Gasteiger partial charge in [-0.25, -0.2) is 15.0 Å². The van der Waals surface area contributed by atoms with Gasteiger partial charge >= 0.3 is 0 Å². The van der Waals surface area contributed by atoms with Crippen LogP contribution in [-0.2, 0) is 4.74 Å². The average molecular weight is 416 g/mol. The molecule has 0 fully saturated rings. The maximum atomic E-state index is 12.5. The van der Waals surface area contributed by atoms with Gasteiger partial charge in [0.25, 0.3) is 5.91 Å². The molecule has 0 unspecified atom stereocenters. The Morgan fingerprint density at radius 1 is 1.32 bits per heavy atom. The van der Waals surface area contributed by atoms with Crippen LogP contribution in [0, 0.1) is 0 Å². The van der Waals surface area contributed by atoms with Gasteiger partial charge in [0.05, 0.1) is 25.0 Å². The quantitative estimate of drug-likeness (QED) is 0.636. The summed E-state index contributed by atoms with van der Waals surface area (Å²) in [6.45, 7) is 2.64. The molecule has 0 atom stereocenters. The zero-order valence-electron chi connectivity index (χ0n) is 15.1. The van der Waals surface area contributed by atoms with Gasteiger partial charge in [0.2, 0.25) is 5.88 Å². The van der Waals surface area contributed by atoms with Crippen molar-refractivity contribution in [3.8, 4) is 5.88 Å². The third-order valence-corrected chi connectivity index (χ3v) is 6.09. The minimum atomic E-state index is -0.415. The number of pyridine rings is 1. The standard InChI is InChI=1S/C18H16N4O4S2/c1-9(23)17-20-12(8-27-17)15(24)22-18-21-13-14(28-18)11(7-19-16(13)25-2)10-3-5-26-6-4-10/h3,7-8H,4-6H2,1-2H3,(H,21,22,24). The molecule has 4 heterocycles. The SMILES string of the molecule is COc1ncc(C2=CCOCC2)c2sc(NC(=O)c3csc(C(C)=O)n3)nc12. The lowest BCUT2D eigenvalue weighted by Crippen LogP contribution is -2.12. The Balaban J connectivity index is 1.68. The summed E-state index contributed by atoms with van der Waals surface area (Å²) in [6, 6.07) is 0. The van der Waals surface area contributed by atoms with E-state index >= 15 is 0 Å². The number of carbonyl (C=O) groups excluding carboxylic acids is 2. The second-order valence-corrected chi connectivity index (χ2v) is 7.84. The van der Waals surface area contributed by atoms with Crippen LogP contribution in [0.2, 0.25) is 0 Å². The van der Waals surface area contributed by atoms with Crippen molar-refractivity contribution in [3.63, 3.8) is 0 Å². The van der Waals surface area contributed by atoms with Crippen molar-refractivity contribution in [2.75, 3.05) is 25.6 Å². The number of aromatic nitrogens is 3. The van der Waals surface area contributed by atoms with Crippen LogP contribution in [0.3, 0.4) is 0 Å². The Bertz CT molecular complexity index is 1100. The van der Waals surface area contributed by atoms with Crippen molar-refractivity contribution in [2.24, 2.45) is 0 Å². The summed E-state index contributed by atoms with van der Waals surface area (Å²) < 4.78 is 11.6.